The van der Waals surface area contributed by atoms with Gasteiger partial charge < -0.3 is 14.7 Å². The Morgan fingerprint density at radius 3 is 2.03 bits per heavy atom. The average molecular weight is 559 g/mol. The van der Waals surface area contributed by atoms with Crippen LogP contribution in [-0.2, 0) is 25.1 Å². The summed E-state index contributed by atoms with van der Waals surface area (Å²) >= 11 is 11.5. The van der Waals surface area contributed by atoms with Crippen LogP contribution in [0.1, 0.15) is 59.6 Å². The number of benzene rings is 2. The number of carboxylic acids is 1. The smallest absolute Gasteiger partial charge is 0.300 e. The summed E-state index contributed by atoms with van der Waals surface area (Å²) in [6.07, 6.45) is 0.283. The molecule has 3 rings (SSSR count). The summed E-state index contributed by atoms with van der Waals surface area (Å²) in [6.45, 7) is 11.2. The maximum Gasteiger partial charge on any atom is 0.300 e. The van der Waals surface area contributed by atoms with E-state index in [1.807, 2.05) is 87.2 Å². The van der Waals surface area contributed by atoms with Crippen LogP contribution in [0.2, 0.25) is 10.0 Å². The van der Waals surface area contributed by atoms with E-state index < -0.39 is 22.9 Å². The van der Waals surface area contributed by atoms with E-state index in [-0.39, 0.29) is 22.7 Å². The van der Waals surface area contributed by atoms with Gasteiger partial charge in [0.25, 0.3) is 11.9 Å². The third kappa shape index (κ3) is 11.0. The van der Waals surface area contributed by atoms with Crippen molar-refractivity contribution in [2.45, 2.75) is 70.9 Å². The molecule has 0 bridgehead atoms. The first-order chi connectivity index (χ1) is 16.8. The molecule has 0 saturated carbocycles. The lowest BCUT2D eigenvalue weighted by molar-refractivity contribution is -0.161. The molecule has 6 nitrogen and oxygen atoms in total. The van der Waals surface area contributed by atoms with E-state index in [2.05, 4.69) is 0 Å². The van der Waals surface area contributed by atoms with E-state index in [0.29, 0.717) is 17.4 Å². The third-order valence-corrected chi connectivity index (χ3v) is 7.88. The van der Waals surface area contributed by atoms with Crippen molar-refractivity contribution >= 4 is 45.9 Å². The number of amides is 1. The van der Waals surface area contributed by atoms with E-state index in [9.17, 15) is 9.00 Å². The Labute approximate surface area is 227 Å². The Balaban J connectivity index is 0.000000486. The summed E-state index contributed by atoms with van der Waals surface area (Å²) in [5, 5.41) is 8.87. The molecule has 1 saturated heterocycles. The Morgan fingerprint density at radius 1 is 1.11 bits per heavy atom. The molecular weight excluding hydrogens is 521 g/mol. The maximum absolute atomic E-state index is 12.9. The Bertz CT molecular complexity index is 976. The van der Waals surface area contributed by atoms with Gasteiger partial charge >= 0.3 is 0 Å². The highest BCUT2D eigenvalue weighted by atomic mass is 35.5. The monoisotopic (exact) mass is 557 g/mol. The van der Waals surface area contributed by atoms with Gasteiger partial charge in [-0.25, -0.2) is 0 Å². The molecule has 1 aliphatic rings. The Hall–Kier alpha value is -1.93. The molecule has 2 unspecified atom stereocenters. The van der Waals surface area contributed by atoms with Crippen molar-refractivity contribution in [1.82, 2.24) is 4.90 Å². The minimum Gasteiger partial charge on any atom is -0.481 e. The molecule has 1 N–H and O–H groups in total. The fourth-order valence-electron chi connectivity index (χ4n) is 3.36. The largest absolute Gasteiger partial charge is 0.481 e. The zero-order valence-corrected chi connectivity index (χ0v) is 24.1. The number of rotatable bonds is 5. The van der Waals surface area contributed by atoms with Crippen LogP contribution in [-0.4, -0.2) is 55.3 Å². The number of aliphatic carboxylic acids is 1. The highest BCUT2D eigenvalue weighted by Crippen LogP contribution is 2.31. The van der Waals surface area contributed by atoms with Crippen molar-refractivity contribution in [1.29, 1.82) is 0 Å². The van der Waals surface area contributed by atoms with E-state index in [0.717, 1.165) is 23.9 Å². The lowest BCUT2D eigenvalue weighted by Crippen LogP contribution is -2.54. The fraction of sp³-hybridized carbons (Fsp3) is 0.481. The van der Waals surface area contributed by atoms with Gasteiger partial charge in [-0.15, -0.1) is 0 Å². The topological polar surface area (TPSA) is 83.9 Å². The van der Waals surface area contributed by atoms with Gasteiger partial charge in [-0.2, -0.15) is 0 Å². The van der Waals surface area contributed by atoms with Gasteiger partial charge in [0.05, 0.1) is 12.6 Å². The van der Waals surface area contributed by atoms with E-state index in [1.165, 1.54) is 0 Å². The molecule has 2 aromatic rings. The maximum atomic E-state index is 12.9. The second-order valence-electron chi connectivity index (χ2n) is 9.29. The molecule has 1 aliphatic heterocycles. The summed E-state index contributed by atoms with van der Waals surface area (Å²) in [5.41, 5.74) is 0.990. The van der Waals surface area contributed by atoms with Crippen LogP contribution < -0.4 is 0 Å². The molecule has 200 valence electrons. The van der Waals surface area contributed by atoms with Crippen LogP contribution >= 0.6 is 23.2 Å². The molecule has 4 atom stereocenters. The molecule has 1 amide bonds. The van der Waals surface area contributed by atoms with Crippen LogP contribution in [0.3, 0.4) is 0 Å². The highest BCUT2D eigenvalue weighted by Gasteiger charge is 2.39. The van der Waals surface area contributed by atoms with Crippen LogP contribution in [0.5, 0.6) is 0 Å². The average Bonchev–Trinajstić information content (AvgIpc) is 2.80. The minimum atomic E-state index is -1.03. The number of hydrogen-bond donors (Lipinski definition) is 1. The lowest BCUT2D eigenvalue weighted by Gasteiger charge is -2.43. The molecule has 9 heteroatoms. The Kier molecular flexibility index (Phi) is 13.7. The highest BCUT2D eigenvalue weighted by molar-refractivity contribution is 7.86. The van der Waals surface area contributed by atoms with Crippen molar-refractivity contribution in [2.24, 2.45) is 0 Å². The predicted octanol–water partition coefficient (Wildman–Crippen LogP) is 6.39. The standard InChI is InChI=1S/C19H28ClNO3S.C6H5Cl.C2H4O2/c1-6-16(12-25(23)19(3,4)5)21-17(11-24-13(2)18(21)22)14-7-9-15(20)10-8-14;7-6-4-2-1-3-5-6;1-2(3)4/h7-10,13,16-17H,6,11-12H2,1-5H3;1-5H;1H3,(H,3,4)/t13?,16-,17-,25?;;/m0../s1. The number of carbonyl (C=O) groups is 2. The molecule has 0 aromatic heterocycles. The number of ether oxygens (including phenoxy) is 1. The van der Waals surface area contributed by atoms with Gasteiger partial charge in [-0.3, -0.25) is 13.8 Å². The Morgan fingerprint density at radius 2 is 1.61 bits per heavy atom. The van der Waals surface area contributed by atoms with E-state index >= 15 is 0 Å². The normalized spacial score (nSPS) is 19.2. The van der Waals surface area contributed by atoms with E-state index in [1.54, 1.807) is 6.92 Å². The molecule has 0 aliphatic carbocycles. The number of carboxylic acid groups (broad SMARTS) is 1. The van der Waals surface area contributed by atoms with Gasteiger partial charge in [-0.05, 0) is 63.9 Å². The molecule has 0 spiro atoms. The summed E-state index contributed by atoms with van der Waals surface area (Å²) in [5.74, 6) is -0.397. The van der Waals surface area contributed by atoms with Crippen molar-refractivity contribution in [2.75, 3.05) is 12.4 Å². The zero-order chi connectivity index (χ0) is 27.5. The molecule has 0 radical (unpaired) electrons. The summed E-state index contributed by atoms with van der Waals surface area (Å²) in [4.78, 5) is 23.8. The minimum absolute atomic E-state index is 0.0380. The number of hydrogen-bond acceptors (Lipinski definition) is 4. The second kappa shape index (κ2) is 15.4. The van der Waals surface area contributed by atoms with Gasteiger partial charge in [0, 0.05) is 44.3 Å². The summed E-state index contributed by atoms with van der Waals surface area (Å²) < 4.78 is 18.1. The predicted molar refractivity (Wildman–Crippen MR) is 148 cm³/mol. The molecule has 1 heterocycles. The summed E-state index contributed by atoms with van der Waals surface area (Å²) in [6, 6.07) is 16.7. The molecule has 36 heavy (non-hydrogen) atoms. The van der Waals surface area contributed by atoms with Crippen LogP contribution in [0.25, 0.3) is 0 Å². The lowest BCUT2D eigenvalue weighted by atomic mass is 10.0. The van der Waals surface area contributed by atoms with E-state index in [4.69, 9.17) is 37.8 Å². The first-order valence-corrected chi connectivity index (χ1v) is 13.8. The van der Waals surface area contributed by atoms with Crippen molar-refractivity contribution in [3.05, 3.63) is 70.2 Å². The first kappa shape index (κ1) is 32.1. The van der Waals surface area contributed by atoms with Crippen LogP contribution in [0.4, 0.5) is 0 Å². The fourth-order valence-corrected chi connectivity index (χ4v) is 4.88. The molecular formula is C27H37Cl2NO5S. The zero-order valence-electron chi connectivity index (χ0n) is 21.7. The van der Waals surface area contributed by atoms with Crippen molar-refractivity contribution in [3.8, 4) is 0 Å². The van der Waals surface area contributed by atoms with Gasteiger partial charge in [0.2, 0.25) is 0 Å². The number of morpholine rings is 1. The number of carbonyl (C=O) groups excluding carboxylic acids is 1. The molecule has 2 aromatic carbocycles. The van der Waals surface area contributed by atoms with Crippen LogP contribution in [0.15, 0.2) is 54.6 Å². The van der Waals surface area contributed by atoms with Gasteiger partial charge in [0.1, 0.15) is 6.10 Å². The molecule has 1 fully saturated rings. The number of nitrogens with zero attached hydrogens (tertiary/aromatic N) is 1. The summed E-state index contributed by atoms with van der Waals surface area (Å²) in [7, 11) is -1.03. The number of halogens is 2. The SMILES string of the molecule is CC(=O)O.CC[C@@H](CS(=O)C(C)(C)C)N1C(=O)C(C)OC[C@H]1c1ccc(Cl)cc1.Clc1ccccc1. The van der Waals surface area contributed by atoms with Crippen molar-refractivity contribution in [3.63, 3.8) is 0 Å². The van der Waals surface area contributed by atoms with Crippen molar-refractivity contribution < 1.29 is 23.6 Å². The van der Waals surface area contributed by atoms with Crippen LogP contribution in [0, 0.1) is 0 Å². The quantitative estimate of drug-likeness (QED) is 0.460. The third-order valence-electron chi connectivity index (χ3n) is 5.32. The van der Waals surface area contributed by atoms with Gasteiger partial charge in [0.15, 0.2) is 0 Å². The van der Waals surface area contributed by atoms with Gasteiger partial charge in [-0.1, -0.05) is 60.5 Å². The second-order valence-corrected chi connectivity index (χ2v) is 12.4. The first-order valence-electron chi connectivity index (χ1n) is 11.8.